The molecule has 2 aliphatic heterocycles. The first kappa shape index (κ1) is 18.5. The molecule has 0 bridgehead atoms. The third-order valence-electron chi connectivity index (χ3n) is 4.03. The summed E-state index contributed by atoms with van der Waals surface area (Å²) in [4.78, 5) is 2.20. The zero-order chi connectivity index (χ0) is 14.8. The Morgan fingerprint density at radius 3 is 2.45 bits per heavy atom. The van der Waals surface area contributed by atoms with Crippen LogP contribution in [0.1, 0.15) is 46.0 Å². The van der Waals surface area contributed by atoms with E-state index >= 15 is 0 Å². The summed E-state index contributed by atoms with van der Waals surface area (Å²) in [7, 11) is 0. The average Bonchev–Trinajstić information content (AvgIpc) is 3.03. The number of nitrogens with zero attached hydrogens (tertiary/aromatic N) is 1. The summed E-state index contributed by atoms with van der Waals surface area (Å²) in [6, 6.07) is 0.125. The Kier molecular flexibility index (Phi) is 10.2. The molecule has 2 aliphatic rings. The Morgan fingerprint density at radius 2 is 1.90 bits per heavy atom. The van der Waals surface area contributed by atoms with Gasteiger partial charge in [0.1, 0.15) is 0 Å². The van der Waals surface area contributed by atoms with Gasteiger partial charge in [-0.05, 0) is 12.0 Å². The second-order valence-corrected chi connectivity index (χ2v) is 9.97. The van der Waals surface area contributed by atoms with Crippen LogP contribution in [0.4, 0.5) is 0 Å². The molecule has 2 radical (unpaired) electrons. The molecule has 2 N–H and O–H groups in total. The zero-order valence-electron chi connectivity index (χ0n) is 13.1. The molecule has 1 fully saturated rings. The zero-order valence-corrected chi connectivity index (χ0v) is 16.0. The van der Waals surface area contributed by atoms with Gasteiger partial charge in [0, 0.05) is 13.1 Å². The molecule has 20 heavy (non-hydrogen) atoms. The molecular formula is C16H31NO2Sn. The molecular weight excluding hydrogens is 357 g/mol. The van der Waals surface area contributed by atoms with Crippen molar-refractivity contribution in [1.82, 2.24) is 4.90 Å². The van der Waals surface area contributed by atoms with E-state index in [0.717, 1.165) is 25.1 Å². The number of unbranched alkanes of at least 4 members (excludes halogenated alkanes) is 2. The number of fused-ring (bicyclic) bond motifs is 1. The summed E-state index contributed by atoms with van der Waals surface area (Å²) in [5.41, 5.74) is 0.995. The Hall–Kier alpha value is 0.419. The van der Waals surface area contributed by atoms with Crippen LogP contribution in [0.15, 0.2) is 11.6 Å². The van der Waals surface area contributed by atoms with Crippen LogP contribution in [0, 0.1) is 0 Å². The summed E-state index contributed by atoms with van der Waals surface area (Å²) in [6.07, 6.45) is 8.46. The molecule has 3 nitrogen and oxygen atoms in total. The molecule has 2 atom stereocenters. The molecule has 1 saturated heterocycles. The summed E-state index contributed by atoms with van der Waals surface area (Å²) >= 11 is 0.149. The van der Waals surface area contributed by atoms with Gasteiger partial charge in [-0.15, -0.1) is 0 Å². The van der Waals surface area contributed by atoms with Gasteiger partial charge in [0.2, 0.25) is 0 Å². The molecule has 2 rings (SSSR count). The summed E-state index contributed by atoms with van der Waals surface area (Å²) in [5, 5.41) is 18.4. The molecule has 0 aromatic heterocycles. The van der Waals surface area contributed by atoms with E-state index in [-0.39, 0.29) is 39.9 Å². The van der Waals surface area contributed by atoms with Crippen molar-refractivity contribution in [3.8, 4) is 0 Å². The predicted molar refractivity (Wildman–Crippen MR) is 86.3 cm³/mol. The van der Waals surface area contributed by atoms with Crippen LogP contribution in [-0.4, -0.2) is 68.1 Å². The van der Waals surface area contributed by atoms with Crippen LogP contribution in [0.5, 0.6) is 0 Å². The van der Waals surface area contributed by atoms with Crippen molar-refractivity contribution in [1.29, 1.82) is 0 Å². The van der Waals surface area contributed by atoms with Crippen molar-refractivity contribution in [3.05, 3.63) is 11.6 Å². The van der Waals surface area contributed by atoms with Gasteiger partial charge >= 0.3 is 69.5 Å². The van der Waals surface area contributed by atoms with E-state index in [1.54, 1.807) is 8.87 Å². The van der Waals surface area contributed by atoms with Gasteiger partial charge in [-0.3, -0.25) is 4.90 Å². The molecule has 2 heterocycles. The molecule has 0 amide bonds. The van der Waals surface area contributed by atoms with Crippen LogP contribution >= 0.6 is 0 Å². The summed E-state index contributed by atoms with van der Waals surface area (Å²) in [5.74, 6) is 0. The monoisotopic (exact) mass is 389 g/mol. The first-order valence-corrected chi connectivity index (χ1v) is 12.2. The standard InChI is InChI=1S/C8H13NO2.2C4H9.Sn/c10-5-6-1-3-9-4-2-7(11)8(6)9;2*1-3-4-2;/h1,7-8,10-11H,2-5H2;2*1,3-4H2,2H3;/t7-,8-;;;/m1.../s1. The van der Waals surface area contributed by atoms with Crippen molar-refractivity contribution < 1.29 is 10.2 Å². The fourth-order valence-electron chi connectivity index (χ4n) is 2.77. The molecule has 0 aromatic rings. The van der Waals surface area contributed by atoms with E-state index < -0.39 is 0 Å². The maximum absolute atomic E-state index is 9.51. The van der Waals surface area contributed by atoms with Crippen LogP contribution in [-0.2, 0) is 0 Å². The minimum Gasteiger partial charge on any atom is -0.392 e. The van der Waals surface area contributed by atoms with Crippen molar-refractivity contribution >= 4 is 21.1 Å². The van der Waals surface area contributed by atoms with E-state index in [4.69, 9.17) is 5.11 Å². The third-order valence-corrected chi connectivity index (χ3v) is 8.07. The SMILES string of the molecule is CCC[CH2][Sn][CH2]CCC.OCC1=CCN2CC[C@@H](O)[C@@H]12. The minimum absolute atomic E-state index is 0.0955. The van der Waals surface area contributed by atoms with E-state index in [0.29, 0.717) is 0 Å². The van der Waals surface area contributed by atoms with Gasteiger partial charge in [-0.1, -0.05) is 6.08 Å². The minimum atomic E-state index is -0.254. The van der Waals surface area contributed by atoms with E-state index in [9.17, 15) is 5.11 Å². The molecule has 0 unspecified atom stereocenters. The van der Waals surface area contributed by atoms with Gasteiger partial charge in [0.25, 0.3) is 0 Å². The molecule has 0 saturated carbocycles. The first-order chi connectivity index (χ1) is 9.74. The Morgan fingerprint density at radius 1 is 1.25 bits per heavy atom. The van der Waals surface area contributed by atoms with E-state index in [1.165, 1.54) is 25.7 Å². The number of aliphatic hydroxyl groups is 2. The first-order valence-electron chi connectivity index (χ1n) is 8.17. The Labute approximate surface area is 134 Å². The normalized spacial score (nSPS) is 25.1. The van der Waals surface area contributed by atoms with Crippen molar-refractivity contribution in [2.75, 3.05) is 19.7 Å². The number of aliphatic hydroxyl groups excluding tert-OH is 2. The third kappa shape index (κ3) is 6.04. The second-order valence-electron chi connectivity index (χ2n) is 5.69. The molecule has 4 heteroatoms. The van der Waals surface area contributed by atoms with E-state index in [1.807, 2.05) is 6.08 Å². The fraction of sp³-hybridized carbons (Fsp3) is 0.875. The largest absolute Gasteiger partial charge is 0.392 e. The molecule has 116 valence electrons. The number of hydrogen-bond donors (Lipinski definition) is 2. The van der Waals surface area contributed by atoms with Gasteiger partial charge < -0.3 is 10.2 Å². The molecule has 0 aromatic carbocycles. The number of rotatable bonds is 7. The van der Waals surface area contributed by atoms with E-state index in [2.05, 4.69) is 18.7 Å². The van der Waals surface area contributed by atoms with Gasteiger partial charge in [-0.25, -0.2) is 0 Å². The second kappa shape index (κ2) is 11.0. The maximum Gasteiger partial charge on any atom is 0.0746 e. The van der Waals surface area contributed by atoms with Crippen LogP contribution in [0.3, 0.4) is 0 Å². The fourth-order valence-corrected chi connectivity index (χ4v) is 6.93. The van der Waals surface area contributed by atoms with Crippen molar-refractivity contribution in [2.45, 2.75) is 67.0 Å². The molecule has 0 aliphatic carbocycles. The predicted octanol–water partition coefficient (Wildman–Crippen LogP) is 2.48. The number of hydrogen-bond acceptors (Lipinski definition) is 3. The van der Waals surface area contributed by atoms with Crippen LogP contribution in [0.25, 0.3) is 0 Å². The Balaban J connectivity index is 0.000000206. The van der Waals surface area contributed by atoms with Crippen LogP contribution in [0.2, 0.25) is 8.87 Å². The molecule has 0 spiro atoms. The van der Waals surface area contributed by atoms with Crippen molar-refractivity contribution in [3.63, 3.8) is 0 Å². The van der Waals surface area contributed by atoms with Crippen molar-refractivity contribution in [2.24, 2.45) is 0 Å². The van der Waals surface area contributed by atoms with Gasteiger partial charge in [-0.2, -0.15) is 0 Å². The topological polar surface area (TPSA) is 43.7 Å². The van der Waals surface area contributed by atoms with Crippen LogP contribution < -0.4 is 0 Å². The smallest absolute Gasteiger partial charge is 0.0746 e. The maximum atomic E-state index is 9.51. The quantitative estimate of drug-likeness (QED) is 0.400. The average molecular weight is 388 g/mol. The Bertz CT molecular complexity index is 278. The summed E-state index contributed by atoms with van der Waals surface area (Å²) in [6.45, 7) is 6.54. The van der Waals surface area contributed by atoms with Gasteiger partial charge in [0.15, 0.2) is 0 Å². The summed E-state index contributed by atoms with van der Waals surface area (Å²) < 4.78 is 3.25. The van der Waals surface area contributed by atoms with Gasteiger partial charge in [0.05, 0.1) is 18.8 Å².